The maximum atomic E-state index is 12.1. The predicted molar refractivity (Wildman–Crippen MR) is 117 cm³/mol. The normalized spacial score (nSPS) is 10.3. The molecule has 1 heterocycles. The molecule has 3 aromatic rings. The van der Waals surface area contributed by atoms with Gasteiger partial charge in [-0.2, -0.15) is 0 Å². The molecule has 0 unspecified atom stereocenters. The molecule has 0 atom stereocenters. The quantitative estimate of drug-likeness (QED) is 0.462. The molecule has 2 N–H and O–H groups in total. The number of esters is 1. The number of amides is 2. The van der Waals surface area contributed by atoms with Crippen molar-refractivity contribution in [2.75, 3.05) is 17.2 Å². The van der Waals surface area contributed by atoms with Gasteiger partial charge in [0.2, 0.25) is 0 Å². The van der Waals surface area contributed by atoms with Gasteiger partial charge in [0, 0.05) is 10.2 Å². The maximum Gasteiger partial charge on any atom is 0.338 e. The van der Waals surface area contributed by atoms with Crippen LogP contribution in [0.1, 0.15) is 20.0 Å². The lowest BCUT2D eigenvalue weighted by atomic mass is 10.2. The number of halogens is 2. The molecular formula is C20H14BrClN2O4S. The molecule has 9 heteroatoms. The summed E-state index contributed by atoms with van der Waals surface area (Å²) in [7, 11) is 0. The van der Waals surface area contributed by atoms with Crippen LogP contribution in [0.15, 0.2) is 64.5 Å². The van der Waals surface area contributed by atoms with E-state index < -0.39 is 18.5 Å². The van der Waals surface area contributed by atoms with Gasteiger partial charge in [-0.3, -0.25) is 9.59 Å². The zero-order chi connectivity index (χ0) is 20.8. The fourth-order valence-corrected chi connectivity index (χ4v) is 3.62. The van der Waals surface area contributed by atoms with E-state index in [0.29, 0.717) is 21.3 Å². The Morgan fingerprint density at radius 1 is 1.03 bits per heavy atom. The van der Waals surface area contributed by atoms with Gasteiger partial charge in [0.15, 0.2) is 6.61 Å². The number of anilines is 2. The summed E-state index contributed by atoms with van der Waals surface area (Å²) in [5.41, 5.74) is 1.22. The molecule has 3 rings (SSSR count). The average molecular weight is 494 g/mol. The van der Waals surface area contributed by atoms with Crippen molar-refractivity contribution >= 4 is 68.0 Å². The Bertz CT molecular complexity index is 1040. The molecule has 0 saturated carbocycles. The topological polar surface area (TPSA) is 84.5 Å². The first kappa shape index (κ1) is 21.0. The van der Waals surface area contributed by atoms with Gasteiger partial charge in [-0.05, 0) is 53.9 Å². The summed E-state index contributed by atoms with van der Waals surface area (Å²) in [6, 6.07) is 14.7. The van der Waals surface area contributed by atoms with Crippen LogP contribution in [0.25, 0.3) is 0 Å². The fraction of sp³-hybridized carbons (Fsp3) is 0.0500. The van der Waals surface area contributed by atoms with Crippen molar-refractivity contribution in [1.82, 2.24) is 0 Å². The van der Waals surface area contributed by atoms with Crippen LogP contribution in [0.5, 0.6) is 0 Å². The molecule has 148 valence electrons. The number of hydrogen-bond acceptors (Lipinski definition) is 5. The summed E-state index contributed by atoms with van der Waals surface area (Å²) in [5, 5.41) is 7.48. The van der Waals surface area contributed by atoms with E-state index in [2.05, 4.69) is 26.6 Å². The summed E-state index contributed by atoms with van der Waals surface area (Å²) in [6.45, 7) is -0.456. The van der Waals surface area contributed by atoms with E-state index in [4.69, 9.17) is 16.3 Å². The molecule has 6 nitrogen and oxygen atoms in total. The average Bonchev–Trinajstić information content (AvgIpc) is 3.24. The first-order valence-electron chi connectivity index (χ1n) is 8.29. The minimum atomic E-state index is -0.654. The Hall–Kier alpha value is -2.68. The van der Waals surface area contributed by atoms with E-state index >= 15 is 0 Å². The molecule has 0 fully saturated rings. The molecular weight excluding hydrogens is 480 g/mol. The van der Waals surface area contributed by atoms with Crippen molar-refractivity contribution in [2.45, 2.75) is 0 Å². The number of carbonyl (C=O) groups excluding carboxylic acids is 3. The molecule has 0 radical (unpaired) electrons. The van der Waals surface area contributed by atoms with E-state index in [9.17, 15) is 14.4 Å². The monoisotopic (exact) mass is 492 g/mol. The maximum absolute atomic E-state index is 12.1. The Morgan fingerprint density at radius 3 is 2.45 bits per heavy atom. The Kier molecular flexibility index (Phi) is 7.03. The summed E-state index contributed by atoms with van der Waals surface area (Å²) < 4.78 is 5.80. The van der Waals surface area contributed by atoms with Crippen LogP contribution in [0, 0.1) is 0 Å². The number of nitrogens with one attached hydrogen (secondary N) is 2. The van der Waals surface area contributed by atoms with Crippen LogP contribution in [0.2, 0.25) is 5.02 Å². The molecule has 0 saturated heterocycles. The second kappa shape index (κ2) is 9.69. The van der Waals surface area contributed by atoms with Gasteiger partial charge in [0.05, 0.1) is 21.2 Å². The van der Waals surface area contributed by atoms with E-state index in [1.807, 2.05) is 5.38 Å². The first-order chi connectivity index (χ1) is 13.9. The largest absolute Gasteiger partial charge is 0.452 e. The number of rotatable bonds is 6. The predicted octanol–water partition coefficient (Wildman–Crippen LogP) is 5.21. The third kappa shape index (κ3) is 5.90. The molecule has 0 bridgehead atoms. The van der Waals surface area contributed by atoms with Crippen LogP contribution in [0.4, 0.5) is 11.4 Å². The summed E-state index contributed by atoms with van der Waals surface area (Å²) in [6.07, 6.45) is 0. The van der Waals surface area contributed by atoms with Crippen molar-refractivity contribution in [3.05, 3.63) is 79.9 Å². The van der Waals surface area contributed by atoms with Crippen LogP contribution in [0.3, 0.4) is 0 Å². The summed E-state index contributed by atoms with van der Waals surface area (Å²) >= 11 is 10.6. The minimum Gasteiger partial charge on any atom is -0.452 e. The number of carbonyl (C=O) groups is 3. The van der Waals surface area contributed by atoms with Gasteiger partial charge in [-0.1, -0.05) is 33.6 Å². The van der Waals surface area contributed by atoms with Crippen LogP contribution < -0.4 is 10.6 Å². The lowest BCUT2D eigenvalue weighted by molar-refractivity contribution is -0.119. The summed E-state index contributed by atoms with van der Waals surface area (Å²) in [4.78, 5) is 36.7. The van der Waals surface area contributed by atoms with Crippen molar-refractivity contribution in [3.8, 4) is 0 Å². The van der Waals surface area contributed by atoms with Gasteiger partial charge < -0.3 is 15.4 Å². The standard InChI is InChI=1S/C20H14BrClN2O4S/c21-13-5-8-16(15(22)10-13)24-18(25)11-28-20(27)12-3-6-14(7-4-12)23-19(26)17-2-1-9-29-17/h1-10H,11H2,(H,23,26)(H,24,25). The highest BCUT2D eigenvalue weighted by Gasteiger charge is 2.13. The van der Waals surface area contributed by atoms with Crippen LogP contribution in [-0.4, -0.2) is 24.4 Å². The van der Waals surface area contributed by atoms with Crippen LogP contribution >= 0.6 is 38.9 Å². The molecule has 1 aromatic heterocycles. The number of ether oxygens (including phenoxy) is 1. The Labute approximate surface area is 184 Å². The third-order valence-corrected chi connectivity index (χ3v) is 5.34. The molecule has 0 aliphatic rings. The Balaban J connectivity index is 1.51. The Morgan fingerprint density at radius 2 is 1.79 bits per heavy atom. The number of hydrogen-bond donors (Lipinski definition) is 2. The van der Waals surface area contributed by atoms with Crippen molar-refractivity contribution < 1.29 is 19.1 Å². The van der Waals surface area contributed by atoms with Crippen molar-refractivity contribution in [1.29, 1.82) is 0 Å². The highest BCUT2D eigenvalue weighted by Crippen LogP contribution is 2.25. The number of thiophene rings is 1. The van der Waals surface area contributed by atoms with E-state index in [1.165, 1.54) is 23.5 Å². The molecule has 0 spiro atoms. The molecule has 0 aliphatic carbocycles. The summed E-state index contributed by atoms with van der Waals surface area (Å²) in [5.74, 6) is -1.39. The SMILES string of the molecule is O=C(COC(=O)c1ccc(NC(=O)c2cccs2)cc1)Nc1ccc(Br)cc1Cl. The minimum absolute atomic E-state index is 0.224. The smallest absolute Gasteiger partial charge is 0.338 e. The zero-order valence-electron chi connectivity index (χ0n) is 14.8. The van der Waals surface area contributed by atoms with Crippen LogP contribution in [-0.2, 0) is 9.53 Å². The second-order valence-corrected chi connectivity index (χ2v) is 8.03. The van der Waals surface area contributed by atoms with E-state index in [-0.39, 0.29) is 11.5 Å². The van der Waals surface area contributed by atoms with Gasteiger partial charge in [0.1, 0.15) is 0 Å². The van der Waals surface area contributed by atoms with Gasteiger partial charge in [-0.15, -0.1) is 11.3 Å². The lowest BCUT2D eigenvalue weighted by Crippen LogP contribution is -2.21. The fourth-order valence-electron chi connectivity index (χ4n) is 2.28. The second-order valence-electron chi connectivity index (χ2n) is 5.76. The van der Waals surface area contributed by atoms with Crippen molar-refractivity contribution in [2.24, 2.45) is 0 Å². The van der Waals surface area contributed by atoms with Gasteiger partial charge in [0.25, 0.3) is 11.8 Å². The molecule has 29 heavy (non-hydrogen) atoms. The zero-order valence-corrected chi connectivity index (χ0v) is 17.9. The van der Waals surface area contributed by atoms with E-state index in [1.54, 1.807) is 42.5 Å². The van der Waals surface area contributed by atoms with E-state index in [0.717, 1.165) is 4.47 Å². The first-order valence-corrected chi connectivity index (χ1v) is 10.3. The lowest BCUT2D eigenvalue weighted by Gasteiger charge is -2.09. The third-order valence-electron chi connectivity index (χ3n) is 3.66. The highest BCUT2D eigenvalue weighted by molar-refractivity contribution is 9.10. The molecule has 2 amide bonds. The number of benzene rings is 2. The highest BCUT2D eigenvalue weighted by atomic mass is 79.9. The van der Waals surface area contributed by atoms with Gasteiger partial charge >= 0.3 is 5.97 Å². The molecule has 2 aromatic carbocycles. The van der Waals surface area contributed by atoms with Gasteiger partial charge in [-0.25, -0.2) is 4.79 Å². The van der Waals surface area contributed by atoms with Crippen molar-refractivity contribution in [3.63, 3.8) is 0 Å². The molecule has 0 aliphatic heterocycles.